The van der Waals surface area contributed by atoms with Crippen LogP contribution in [0.1, 0.15) is 18.9 Å². The summed E-state index contributed by atoms with van der Waals surface area (Å²) in [6.07, 6.45) is 3.92. The van der Waals surface area contributed by atoms with Crippen molar-refractivity contribution in [2.45, 2.75) is 18.2 Å². The summed E-state index contributed by atoms with van der Waals surface area (Å²) in [5.74, 6) is 0.879. The molecular weight excluding hydrogens is 408 g/mol. The predicted octanol–water partition coefficient (Wildman–Crippen LogP) is 3.32. The molecule has 8 nitrogen and oxygen atoms in total. The third-order valence-electron chi connectivity index (χ3n) is 4.09. The van der Waals surface area contributed by atoms with E-state index in [2.05, 4.69) is 5.32 Å². The first-order chi connectivity index (χ1) is 14.3. The highest BCUT2D eigenvalue weighted by Crippen LogP contribution is 2.28. The quantitative estimate of drug-likeness (QED) is 0.455. The first-order valence-corrected chi connectivity index (χ1v) is 10.7. The van der Waals surface area contributed by atoms with Gasteiger partial charge in [-0.1, -0.05) is 17.5 Å². The molecule has 0 bridgehead atoms. The summed E-state index contributed by atoms with van der Waals surface area (Å²) in [6, 6.07) is 11.2. The zero-order chi connectivity index (χ0) is 22.1. The van der Waals surface area contributed by atoms with E-state index in [1.165, 1.54) is 44.5 Å². The van der Waals surface area contributed by atoms with Crippen LogP contribution >= 0.6 is 0 Å². The summed E-state index contributed by atoms with van der Waals surface area (Å²) >= 11 is 0. The number of hydrogen-bond acceptors (Lipinski definition) is 6. The molecule has 1 amide bonds. The van der Waals surface area contributed by atoms with Gasteiger partial charge in [-0.25, -0.2) is 8.42 Å². The molecule has 162 valence electrons. The molecule has 0 saturated heterocycles. The molecule has 9 heteroatoms. The van der Waals surface area contributed by atoms with Crippen LogP contribution in [0.4, 0.5) is 5.69 Å². The van der Waals surface area contributed by atoms with Crippen LogP contribution in [0.3, 0.4) is 0 Å². The van der Waals surface area contributed by atoms with Gasteiger partial charge in [0.25, 0.3) is 10.0 Å². The van der Waals surface area contributed by atoms with Crippen molar-refractivity contribution in [1.82, 2.24) is 4.47 Å². The number of hydrogen-bond donors (Lipinski definition) is 1. The van der Waals surface area contributed by atoms with E-state index in [0.29, 0.717) is 23.8 Å². The van der Waals surface area contributed by atoms with Crippen molar-refractivity contribution in [2.24, 2.45) is 0 Å². The highest BCUT2D eigenvalue weighted by atomic mass is 32.2. The average Bonchev–Trinajstić information content (AvgIpc) is 2.76. The summed E-state index contributed by atoms with van der Waals surface area (Å²) in [4.78, 5) is 17.0. The van der Waals surface area contributed by atoms with Gasteiger partial charge < -0.3 is 14.8 Å². The summed E-state index contributed by atoms with van der Waals surface area (Å²) in [7, 11) is 0.386. The molecule has 2 rings (SSSR count). The van der Waals surface area contributed by atoms with Gasteiger partial charge in [-0.15, -0.1) is 0 Å². The van der Waals surface area contributed by atoms with E-state index >= 15 is 0 Å². The summed E-state index contributed by atoms with van der Waals surface area (Å²) in [5.41, 5.74) is 1.24. The van der Waals surface area contributed by atoms with Crippen molar-refractivity contribution < 1.29 is 27.5 Å². The van der Waals surface area contributed by atoms with Crippen LogP contribution in [0.15, 0.2) is 53.4 Å². The minimum Gasteiger partial charge on any atom is -0.493 e. The van der Waals surface area contributed by atoms with Crippen LogP contribution in [0.2, 0.25) is 0 Å². The number of nitrogens with one attached hydrogen (secondary N) is 1. The van der Waals surface area contributed by atoms with Crippen molar-refractivity contribution in [3.8, 4) is 11.5 Å². The van der Waals surface area contributed by atoms with Crippen LogP contribution in [-0.2, 0) is 19.7 Å². The highest BCUT2D eigenvalue weighted by Gasteiger charge is 2.20. The Labute approximate surface area is 177 Å². The standard InChI is InChI=1S/C21H26N2O6S/c1-5-14-29-19-12-6-16(15-20(19)27-3)7-13-21(24)22-17-8-10-18(11-9-17)30(25,26)23(2)28-4/h6-13,15H,5,14H2,1-4H3,(H,22,24)/b13-7+. The summed E-state index contributed by atoms with van der Waals surface area (Å²) < 4.78 is 36.0. The van der Waals surface area contributed by atoms with Gasteiger partial charge >= 0.3 is 0 Å². The molecule has 2 aromatic carbocycles. The minimum atomic E-state index is -3.73. The average molecular weight is 435 g/mol. The molecule has 1 N–H and O–H groups in total. The third kappa shape index (κ3) is 6.06. The number of hydroxylamine groups is 1. The number of carbonyl (C=O) groups is 1. The summed E-state index contributed by atoms with van der Waals surface area (Å²) in [6.45, 7) is 2.61. The van der Waals surface area contributed by atoms with Gasteiger partial charge in [0.15, 0.2) is 11.5 Å². The zero-order valence-corrected chi connectivity index (χ0v) is 18.2. The van der Waals surface area contributed by atoms with E-state index in [-0.39, 0.29) is 10.8 Å². The lowest BCUT2D eigenvalue weighted by Gasteiger charge is -2.14. The molecule has 0 aliphatic rings. The normalized spacial score (nSPS) is 11.6. The fourth-order valence-electron chi connectivity index (χ4n) is 2.43. The maximum Gasteiger partial charge on any atom is 0.264 e. The molecule has 0 fully saturated rings. The van der Waals surface area contributed by atoms with Gasteiger partial charge in [0.1, 0.15) is 0 Å². The van der Waals surface area contributed by atoms with Crippen molar-refractivity contribution in [1.29, 1.82) is 0 Å². The second-order valence-corrected chi connectivity index (χ2v) is 8.14. The predicted molar refractivity (Wildman–Crippen MR) is 115 cm³/mol. The first-order valence-electron chi connectivity index (χ1n) is 9.24. The molecule has 0 heterocycles. The third-order valence-corrected chi connectivity index (χ3v) is 5.79. The second-order valence-electron chi connectivity index (χ2n) is 6.20. The van der Waals surface area contributed by atoms with Gasteiger partial charge in [0.2, 0.25) is 5.91 Å². The second kappa shape index (κ2) is 10.8. The smallest absolute Gasteiger partial charge is 0.264 e. The lowest BCUT2D eigenvalue weighted by atomic mass is 10.2. The van der Waals surface area contributed by atoms with E-state index in [1.807, 2.05) is 13.0 Å². The van der Waals surface area contributed by atoms with Crippen LogP contribution < -0.4 is 14.8 Å². The van der Waals surface area contributed by atoms with Crippen molar-refractivity contribution in [3.63, 3.8) is 0 Å². The monoisotopic (exact) mass is 434 g/mol. The Bertz CT molecular complexity index is 987. The Balaban J connectivity index is 2.04. The van der Waals surface area contributed by atoms with Crippen LogP contribution in [0.5, 0.6) is 11.5 Å². The molecule has 0 saturated carbocycles. The Kier molecular flexibility index (Phi) is 8.40. The number of benzene rings is 2. The largest absolute Gasteiger partial charge is 0.493 e. The van der Waals surface area contributed by atoms with Crippen LogP contribution in [0, 0.1) is 0 Å². The molecule has 0 atom stereocenters. The number of sulfonamides is 1. The number of carbonyl (C=O) groups excluding carboxylic acids is 1. The highest BCUT2D eigenvalue weighted by molar-refractivity contribution is 7.89. The Morgan fingerprint density at radius 2 is 1.80 bits per heavy atom. The first kappa shape index (κ1) is 23.4. The number of amides is 1. The van der Waals surface area contributed by atoms with Crippen molar-refractivity contribution in [3.05, 3.63) is 54.1 Å². The molecule has 0 radical (unpaired) electrons. The van der Waals surface area contributed by atoms with Gasteiger partial charge in [-0.2, -0.15) is 0 Å². The van der Waals surface area contributed by atoms with Crippen LogP contribution in [0.25, 0.3) is 6.08 Å². The molecule has 0 aliphatic heterocycles. The van der Waals surface area contributed by atoms with Crippen molar-refractivity contribution >= 4 is 27.7 Å². The molecule has 0 unspecified atom stereocenters. The Morgan fingerprint density at radius 1 is 1.10 bits per heavy atom. The van der Waals surface area contributed by atoms with Gasteiger partial charge in [-0.05, 0) is 54.5 Å². The number of anilines is 1. The zero-order valence-electron chi connectivity index (χ0n) is 17.4. The maximum absolute atomic E-state index is 12.2. The van der Waals surface area contributed by atoms with Gasteiger partial charge in [-0.3, -0.25) is 9.63 Å². The molecule has 0 aliphatic carbocycles. The number of nitrogens with zero attached hydrogens (tertiary/aromatic N) is 1. The molecule has 2 aromatic rings. The molecule has 0 spiro atoms. The Hall–Kier alpha value is -2.88. The van der Waals surface area contributed by atoms with E-state index in [1.54, 1.807) is 25.3 Å². The van der Waals surface area contributed by atoms with Crippen LogP contribution in [-0.4, -0.2) is 46.7 Å². The summed E-state index contributed by atoms with van der Waals surface area (Å²) in [5, 5.41) is 2.68. The number of methoxy groups -OCH3 is 1. The molecule has 30 heavy (non-hydrogen) atoms. The Morgan fingerprint density at radius 3 is 2.40 bits per heavy atom. The van der Waals surface area contributed by atoms with E-state index < -0.39 is 10.0 Å². The SMILES string of the molecule is CCCOc1ccc(/C=C/C(=O)Nc2ccc(S(=O)(=O)N(C)OC)cc2)cc1OC. The number of ether oxygens (including phenoxy) is 2. The fraction of sp³-hybridized carbons (Fsp3) is 0.286. The minimum absolute atomic E-state index is 0.0536. The van der Waals surface area contributed by atoms with Crippen molar-refractivity contribution in [2.75, 3.05) is 33.2 Å². The van der Waals surface area contributed by atoms with E-state index in [0.717, 1.165) is 16.5 Å². The number of rotatable bonds is 10. The van der Waals surface area contributed by atoms with E-state index in [9.17, 15) is 13.2 Å². The maximum atomic E-state index is 12.2. The molecular formula is C21H26N2O6S. The topological polar surface area (TPSA) is 94.2 Å². The molecule has 0 aromatic heterocycles. The lowest BCUT2D eigenvalue weighted by molar-refractivity contribution is -0.111. The lowest BCUT2D eigenvalue weighted by Crippen LogP contribution is -2.25. The van der Waals surface area contributed by atoms with Gasteiger partial charge in [0.05, 0.1) is 25.7 Å². The fourth-order valence-corrected chi connectivity index (χ4v) is 3.40. The van der Waals surface area contributed by atoms with E-state index in [4.69, 9.17) is 14.3 Å². The van der Waals surface area contributed by atoms with Gasteiger partial charge in [0, 0.05) is 18.8 Å².